The Morgan fingerprint density at radius 1 is 1.05 bits per heavy atom. The number of likely N-dealkylation sites (tertiary alicyclic amines) is 1. The zero-order chi connectivity index (χ0) is 26.7. The van der Waals surface area contributed by atoms with Crippen molar-refractivity contribution >= 4 is 5.69 Å². The second kappa shape index (κ2) is 12.1. The van der Waals surface area contributed by atoms with Crippen LogP contribution in [0.5, 0.6) is 0 Å². The monoisotopic (exact) mass is 532 g/mol. The zero-order valence-electron chi connectivity index (χ0n) is 23.6. The number of fused-ring (bicyclic) bond motifs is 1. The van der Waals surface area contributed by atoms with Gasteiger partial charge in [0.25, 0.3) is 0 Å². The van der Waals surface area contributed by atoms with Gasteiger partial charge in [-0.3, -0.25) is 0 Å². The molecule has 2 aliphatic carbocycles. The van der Waals surface area contributed by atoms with E-state index in [1.54, 1.807) is 12.1 Å². The Hall–Kier alpha value is -2.21. The average molecular weight is 533 g/mol. The molecule has 3 heterocycles. The number of halogens is 1. The molecular weight excluding hydrogens is 487 g/mol. The molecule has 1 aromatic rings. The number of anilines is 1. The van der Waals surface area contributed by atoms with Crippen molar-refractivity contribution in [3.05, 3.63) is 77.2 Å². The molecule has 0 amide bonds. The highest BCUT2D eigenvalue weighted by atomic mass is 19.1. The highest BCUT2D eigenvalue weighted by Gasteiger charge is 2.38. The Labute approximate surface area is 234 Å². The Morgan fingerprint density at radius 3 is 2.62 bits per heavy atom. The van der Waals surface area contributed by atoms with Crippen LogP contribution in [0.1, 0.15) is 64.7 Å². The van der Waals surface area contributed by atoms with Crippen molar-refractivity contribution in [1.82, 2.24) is 4.90 Å². The van der Waals surface area contributed by atoms with E-state index in [-0.39, 0.29) is 23.6 Å². The predicted octanol–water partition coefficient (Wildman–Crippen LogP) is 6.99. The van der Waals surface area contributed by atoms with Crippen LogP contribution in [-0.4, -0.2) is 62.0 Å². The Morgan fingerprint density at radius 2 is 1.90 bits per heavy atom. The Bertz CT molecular complexity index is 1100. The second-order valence-corrected chi connectivity index (χ2v) is 12.2. The van der Waals surface area contributed by atoms with Crippen LogP contribution in [0.15, 0.2) is 71.4 Å². The van der Waals surface area contributed by atoms with Crippen molar-refractivity contribution in [2.75, 3.05) is 44.3 Å². The van der Waals surface area contributed by atoms with Gasteiger partial charge >= 0.3 is 0 Å². The molecule has 5 aliphatic rings. The number of rotatable bonds is 8. The third kappa shape index (κ3) is 6.26. The summed E-state index contributed by atoms with van der Waals surface area (Å²) in [6, 6.07) is 7.34. The number of ether oxygens (including phenoxy) is 2. The summed E-state index contributed by atoms with van der Waals surface area (Å²) in [5.74, 6) is 0.488. The fraction of sp³-hybridized carbons (Fsp3) is 0.588. The standard InChI is InChI=1S/C34H45FN2O2/c1-2-26-6-13-32-28(24-26)14-18-37(30-9-7-29(35)8-10-30)33(32)25-27-4-11-31(12-5-27)38-23-21-36-19-16-34(17-20-36)15-3-22-39-34/h4-5,7-11,13,24,26,31,33H,2-3,6,12,14-23,25H2,1H3. The molecule has 39 heavy (non-hydrogen) atoms. The first-order chi connectivity index (χ1) is 19.1. The van der Waals surface area contributed by atoms with Gasteiger partial charge in [0.05, 0.1) is 24.4 Å². The number of nitrogens with zero attached hydrogens (tertiary/aromatic N) is 2. The van der Waals surface area contributed by atoms with Crippen molar-refractivity contribution in [3.8, 4) is 0 Å². The van der Waals surface area contributed by atoms with Gasteiger partial charge in [0.2, 0.25) is 0 Å². The number of hydrogen-bond donors (Lipinski definition) is 0. The molecule has 6 rings (SSSR count). The molecular formula is C34H45FN2O2. The lowest BCUT2D eigenvalue weighted by Gasteiger charge is -2.43. The minimum Gasteiger partial charge on any atom is -0.375 e. The van der Waals surface area contributed by atoms with E-state index >= 15 is 0 Å². The van der Waals surface area contributed by atoms with E-state index in [0.29, 0.717) is 5.92 Å². The van der Waals surface area contributed by atoms with Crippen molar-refractivity contribution < 1.29 is 13.9 Å². The van der Waals surface area contributed by atoms with Gasteiger partial charge in [0, 0.05) is 38.5 Å². The minimum absolute atomic E-state index is 0.164. The topological polar surface area (TPSA) is 24.9 Å². The summed E-state index contributed by atoms with van der Waals surface area (Å²) in [6.45, 7) is 8.26. The molecule has 5 heteroatoms. The molecule has 0 N–H and O–H groups in total. The number of hydrogen-bond acceptors (Lipinski definition) is 4. The molecule has 0 aromatic heterocycles. The van der Waals surface area contributed by atoms with Gasteiger partial charge in [-0.25, -0.2) is 4.39 Å². The highest BCUT2D eigenvalue weighted by Crippen LogP contribution is 2.40. The van der Waals surface area contributed by atoms with Gasteiger partial charge in [0.1, 0.15) is 5.82 Å². The van der Waals surface area contributed by atoms with Crippen LogP contribution in [0.4, 0.5) is 10.1 Å². The second-order valence-electron chi connectivity index (χ2n) is 12.2. The van der Waals surface area contributed by atoms with Gasteiger partial charge in [-0.2, -0.15) is 0 Å². The van der Waals surface area contributed by atoms with E-state index in [0.717, 1.165) is 70.8 Å². The van der Waals surface area contributed by atoms with Crippen LogP contribution in [0.25, 0.3) is 0 Å². The van der Waals surface area contributed by atoms with Crippen LogP contribution in [0.3, 0.4) is 0 Å². The first-order valence-electron chi connectivity index (χ1n) is 15.4. The SMILES string of the molecule is CCC1C=C2CCN(c3ccc(F)cc3)C(CC3=CCC(OCCN4CCC5(CCCO5)CC4)C=C3)C2=CC1. The molecule has 3 saturated heterocycles. The lowest BCUT2D eigenvalue weighted by atomic mass is 9.79. The maximum atomic E-state index is 13.7. The van der Waals surface area contributed by atoms with E-state index in [2.05, 4.69) is 47.1 Å². The van der Waals surface area contributed by atoms with Crippen molar-refractivity contribution in [3.63, 3.8) is 0 Å². The van der Waals surface area contributed by atoms with Crippen LogP contribution in [0.2, 0.25) is 0 Å². The molecule has 0 radical (unpaired) electrons. The van der Waals surface area contributed by atoms with Gasteiger partial charge in [-0.15, -0.1) is 0 Å². The van der Waals surface area contributed by atoms with Crippen LogP contribution in [-0.2, 0) is 9.47 Å². The maximum absolute atomic E-state index is 13.7. The van der Waals surface area contributed by atoms with E-state index in [9.17, 15) is 4.39 Å². The quantitative estimate of drug-likeness (QED) is 0.360. The average Bonchev–Trinajstić information content (AvgIpc) is 3.43. The normalized spacial score (nSPS) is 28.7. The summed E-state index contributed by atoms with van der Waals surface area (Å²) in [5, 5.41) is 0. The number of allylic oxidation sites excluding steroid dienone is 3. The first-order valence-corrected chi connectivity index (χ1v) is 15.4. The predicted molar refractivity (Wildman–Crippen MR) is 157 cm³/mol. The summed E-state index contributed by atoms with van der Waals surface area (Å²) in [5.41, 5.74) is 5.70. The summed E-state index contributed by atoms with van der Waals surface area (Å²) < 4.78 is 26.0. The number of benzene rings is 1. The smallest absolute Gasteiger partial charge is 0.123 e. The van der Waals surface area contributed by atoms with Crippen LogP contribution in [0, 0.1) is 11.7 Å². The molecule has 3 aliphatic heterocycles. The third-order valence-electron chi connectivity index (χ3n) is 9.75. The van der Waals surface area contributed by atoms with E-state index in [1.807, 2.05) is 12.1 Å². The summed E-state index contributed by atoms with van der Waals surface area (Å²) in [4.78, 5) is 5.03. The maximum Gasteiger partial charge on any atom is 0.123 e. The number of piperidine rings is 2. The minimum atomic E-state index is -0.174. The summed E-state index contributed by atoms with van der Waals surface area (Å²) >= 11 is 0. The molecule has 3 fully saturated rings. The van der Waals surface area contributed by atoms with Gasteiger partial charge < -0.3 is 19.3 Å². The summed E-state index contributed by atoms with van der Waals surface area (Å²) in [7, 11) is 0. The lowest BCUT2D eigenvalue weighted by molar-refractivity contribution is -0.0482. The van der Waals surface area contributed by atoms with Gasteiger partial charge in [-0.05, 0) is 105 Å². The fourth-order valence-corrected chi connectivity index (χ4v) is 7.26. The molecule has 0 saturated carbocycles. The summed E-state index contributed by atoms with van der Waals surface area (Å²) in [6.07, 6.45) is 22.2. The van der Waals surface area contributed by atoms with Crippen LogP contribution < -0.4 is 4.90 Å². The van der Waals surface area contributed by atoms with E-state index in [4.69, 9.17) is 9.47 Å². The van der Waals surface area contributed by atoms with E-state index in [1.165, 1.54) is 48.8 Å². The molecule has 210 valence electrons. The Balaban J connectivity index is 1.04. The lowest BCUT2D eigenvalue weighted by Crippen LogP contribution is -2.45. The van der Waals surface area contributed by atoms with Crippen molar-refractivity contribution in [2.24, 2.45) is 5.92 Å². The van der Waals surface area contributed by atoms with Gasteiger partial charge in [0.15, 0.2) is 0 Å². The molecule has 3 atom stereocenters. The molecule has 4 nitrogen and oxygen atoms in total. The largest absolute Gasteiger partial charge is 0.375 e. The molecule has 3 unspecified atom stereocenters. The molecule has 1 aromatic carbocycles. The third-order valence-corrected chi connectivity index (χ3v) is 9.75. The van der Waals surface area contributed by atoms with Gasteiger partial charge in [-0.1, -0.05) is 37.3 Å². The Kier molecular flexibility index (Phi) is 8.38. The molecule has 1 spiro atoms. The van der Waals surface area contributed by atoms with Crippen LogP contribution >= 0.6 is 0 Å². The zero-order valence-corrected chi connectivity index (χ0v) is 23.6. The van der Waals surface area contributed by atoms with Crippen molar-refractivity contribution in [2.45, 2.75) is 82.5 Å². The fourth-order valence-electron chi connectivity index (χ4n) is 7.26. The van der Waals surface area contributed by atoms with E-state index < -0.39 is 0 Å². The molecule has 0 bridgehead atoms. The highest BCUT2D eigenvalue weighted by molar-refractivity contribution is 5.56. The first kappa shape index (κ1) is 27.0. The van der Waals surface area contributed by atoms with Crippen molar-refractivity contribution in [1.29, 1.82) is 0 Å².